The third kappa shape index (κ3) is 3.74. The van der Waals surface area contributed by atoms with Gasteiger partial charge in [0.2, 0.25) is 0 Å². The monoisotopic (exact) mass is 289 g/mol. The van der Waals surface area contributed by atoms with E-state index in [1.54, 1.807) is 0 Å². The van der Waals surface area contributed by atoms with Crippen LogP contribution in [0.4, 0.5) is 0 Å². The van der Waals surface area contributed by atoms with Crippen molar-refractivity contribution in [1.29, 1.82) is 0 Å². The largest absolute Gasteiger partial charge is 0.480 e. The Morgan fingerprint density at radius 2 is 2.14 bits per heavy atom. The van der Waals surface area contributed by atoms with E-state index in [9.17, 15) is 4.79 Å². The summed E-state index contributed by atoms with van der Waals surface area (Å²) in [5, 5.41) is 6.33. The van der Waals surface area contributed by atoms with Crippen molar-refractivity contribution in [3.63, 3.8) is 0 Å². The summed E-state index contributed by atoms with van der Waals surface area (Å²) < 4.78 is 5.69. The first-order chi connectivity index (χ1) is 10.3. The van der Waals surface area contributed by atoms with Crippen LogP contribution in [0.1, 0.15) is 12.0 Å². The predicted molar refractivity (Wildman–Crippen MR) is 81.5 cm³/mol. The second-order valence-corrected chi connectivity index (χ2v) is 5.65. The SMILES string of the molecule is O=C(NCCCN1CCNCC1)C1Cc2ccccc2O1. The van der Waals surface area contributed by atoms with E-state index >= 15 is 0 Å². The molecule has 1 aromatic carbocycles. The zero-order valence-corrected chi connectivity index (χ0v) is 12.3. The van der Waals surface area contributed by atoms with E-state index in [-0.39, 0.29) is 12.0 Å². The van der Waals surface area contributed by atoms with Gasteiger partial charge in [-0.1, -0.05) is 18.2 Å². The summed E-state index contributed by atoms with van der Waals surface area (Å²) in [5.74, 6) is 0.852. The van der Waals surface area contributed by atoms with Crippen LogP contribution in [0.2, 0.25) is 0 Å². The van der Waals surface area contributed by atoms with Gasteiger partial charge in [-0.15, -0.1) is 0 Å². The summed E-state index contributed by atoms with van der Waals surface area (Å²) in [7, 11) is 0. The average molecular weight is 289 g/mol. The number of carbonyl (C=O) groups is 1. The van der Waals surface area contributed by atoms with Crippen molar-refractivity contribution in [1.82, 2.24) is 15.5 Å². The molecular weight excluding hydrogens is 266 g/mol. The molecule has 0 radical (unpaired) electrons. The van der Waals surface area contributed by atoms with Crippen LogP contribution in [0, 0.1) is 0 Å². The molecule has 5 heteroatoms. The molecule has 1 fully saturated rings. The van der Waals surface area contributed by atoms with Crippen LogP contribution >= 0.6 is 0 Å². The highest BCUT2D eigenvalue weighted by molar-refractivity contribution is 5.82. The Bertz CT molecular complexity index is 461. The molecule has 21 heavy (non-hydrogen) atoms. The molecule has 1 saturated heterocycles. The highest BCUT2D eigenvalue weighted by atomic mass is 16.5. The van der Waals surface area contributed by atoms with Crippen molar-refractivity contribution >= 4 is 5.91 Å². The molecule has 2 heterocycles. The van der Waals surface area contributed by atoms with E-state index in [0.29, 0.717) is 6.42 Å². The summed E-state index contributed by atoms with van der Waals surface area (Å²) in [6, 6.07) is 7.86. The lowest BCUT2D eigenvalue weighted by molar-refractivity contribution is -0.127. The van der Waals surface area contributed by atoms with Gasteiger partial charge < -0.3 is 20.3 Å². The molecular formula is C16H23N3O2. The normalized spacial score (nSPS) is 21.6. The second kappa shape index (κ2) is 6.91. The Balaban J connectivity index is 1.36. The number of hydrogen-bond acceptors (Lipinski definition) is 4. The van der Waals surface area contributed by atoms with Crippen LogP contribution in [0.25, 0.3) is 0 Å². The Morgan fingerprint density at radius 3 is 2.95 bits per heavy atom. The highest BCUT2D eigenvalue weighted by Crippen LogP contribution is 2.27. The molecule has 0 saturated carbocycles. The van der Waals surface area contributed by atoms with Crippen LogP contribution in [0.3, 0.4) is 0 Å². The summed E-state index contributed by atoms with van der Waals surface area (Å²) in [4.78, 5) is 14.5. The van der Waals surface area contributed by atoms with E-state index in [1.807, 2.05) is 24.3 Å². The molecule has 114 valence electrons. The topological polar surface area (TPSA) is 53.6 Å². The van der Waals surface area contributed by atoms with Gasteiger partial charge in [0.05, 0.1) is 0 Å². The lowest BCUT2D eigenvalue weighted by atomic mass is 10.1. The molecule has 2 aliphatic rings. The number of amides is 1. The molecule has 2 N–H and O–H groups in total. The number of para-hydroxylation sites is 1. The van der Waals surface area contributed by atoms with Gasteiger partial charge >= 0.3 is 0 Å². The lowest BCUT2D eigenvalue weighted by Crippen LogP contribution is -2.44. The molecule has 0 aliphatic carbocycles. The second-order valence-electron chi connectivity index (χ2n) is 5.65. The maximum atomic E-state index is 12.1. The molecule has 1 amide bonds. The van der Waals surface area contributed by atoms with Crippen molar-refractivity contribution in [3.8, 4) is 5.75 Å². The smallest absolute Gasteiger partial charge is 0.261 e. The fourth-order valence-corrected chi connectivity index (χ4v) is 2.89. The number of nitrogens with zero attached hydrogens (tertiary/aromatic N) is 1. The Kier molecular flexibility index (Phi) is 4.72. The van der Waals surface area contributed by atoms with Crippen molar-refractivity contribution < 1.29 is 9.53 Å². The van der Waals surface area contributed by atoms with Crippen molar-refractivity contribution in [2.24, 2.45) is 0 Å². The number of rotatable bonds is 5. The number of piperazine rings is 1. The summed E-state index contributed by atoms with van der Waals surface area (Å²) in [6.07, 6.45) is 1.31. The lowest BCUT2D eigenvalue weighted by Gasteiger charge is -2.27. The third-order valence-corrected chi connectivity index (χ3v) is 4.10. The minimum atomic E-state index is -0.360. The first-order valence-corrected chi connectivity index (χ1v) is 7.78. The molecule has 1 atom stereocenters. The minimum Gasteiger partial charge on any atom is -0.480 e. The molecule has 1 unspecified atom stereocenters. The van der Waals surface area contributed by atoms with E-state index in [0.717, 1.165) is 57.0 Å². The van der Waals surface area contributed by atoms with Crippen molar-refractivity contribution in [2.75, 3.05) is 39.3 Å². The fraction of sp³-hybridized carbons (Fsp3) is 0.562. The van der Waals surface area contributed by atoms with E-state index in [1.165, 1.54) is 0 Å². The first kappa shape index (κ1) is 14.4. The van der Waals surface area contributed by atoms with E-state index < -0.39 is 0 Å². The highest BCUT2D eigenvalue weighted by Gasteiger charge is 2.28. The molecule has 5 nitrogen and oxygen atoms in total. The Hall–Kier alpha value is -1.59. The zero-order chi connectivity index (χ0) is 14.5. The molecule has 0 spiro atoms. The molecule has 2 aliphatic heterocycles. The summed E-state index contributed by atoms with van der Waals surface area (Å²) >= 11 is 0. The third-order valence-electron chi connectivity index (χ3n) is 4.10. The van der Waals surface area contributed by atoms with E-state index in [4.69, 9.17) is 4.74 Å². The van der Waals surface area contributed by atoms with Gasteiger partial charge in [-0.2, -0.15) is 0 Å². The van der Waals surface area contributed by atoms with Gasteiger partial charge in [-0.05, 0) is 24.6 Å². The molecule has 1 aromatic rings. The van der Waals surface area contributed by atoms with Crippen LogP contribution in [-0.2, 0) is 11.2 Å². The first-order valence-electron chi connectivity index (χ1n) is 7.78. The maximum absolute atomic E-state index is 12.1. The van der Waals surface area contributed by atoms with Gasteiger partial charge in [0.15, 0.2) is 6.10 Å². The van der Waals surface area contributed by atoms with Gasteiger partial charge in [0, 0.05) is 39.1 Å². The predicted octanol–water partition coefficient (Wildman–Crippen LogP) is 0.402. The number of hydrogen-bond donors (Lipinski definition) is 2. The Labute approximate surface area is 125 Å². The number of nitrogens with one attached hydrogen (secondary N) is 2. The number of fused-ring (bicyclic) bond motifs is 1. The number of carbonyl (C=O) groups excluding carboxylic acids is 1. The zero-order valence-electron chi connectivity index (χ0n) is 12.3. The average Bonchev–Trinajstić information content (AvgIpc) is 2.96. The number of ether oxygens (including phenoxy) is 1. The molecule has 0 aromatic heterocycles. The van der Waals surface area contributed by atoms with Gasteiger partial charge in [0.1, 0.15) is 5.75 Å². The Morgan fingerprint density at radius 1 is 1.33 bits per heavy atom. The van der Waals surface area contributed by atoms with Crippen molar-refractivity contribution in [2.45, 2.75) is 18.9 Å². The van der Waals surface area contributed by atoms with Crippen molar-refractivity contribution in [3.05, 3.63) is 29.8 Å². The van der Waals surface area contributed by atoms with Gasteiger partial charge in [0.25, 0.3) is 5.91 Å². The summed E-state index contributed by atoms with van der Waals surface area (Å²) in [6.45, 7) is 6.12. The fourth-order valence-electron chi connectivity index (χ4n) is 2.89. The van der Waals surface area contributed by atoms with Gasteiger partial charge in [-0.25, -0.2) is 0 Å². The minimum absolute atomic E-state index is 0.00603. The maximum Gasteiger partial charge on any atom is 0.261 e. The number of benzene rings is 1. The van der Waals surface area contributed by atoms with Crippen LogP contribution < -0.4 is 15.4 Å². The van der Waals surface area contributed by atoms with E-state index in [2.05, 4.69) is 15.5 Å². The molecule has 0 bridgehead atoms. The summed E-state index contributed by atoms with van der Waals surface area (Å²) in [5.41, 5.74) is 1.12. The van der Waals surface area contributed by atoms with Crippen LogP contribution in [0.15, 0.2) is 24.3 Å². The van der Waals surface area contributed by atoms with Crippen LogP contribution in [-0.4, -0.2) is 56.2 Å². The molecule has 3 rings (SSSR count). The standard InChI is InChI=1S/C16H23N3O2/c20-16(15-12-13-4-1-2-5-14(13)21-15)18-6-3-9-19-10-7-17-8-11-19/h1-2,4-5,15,17H,3,6-12H2,(H,18,20). The quantitative estimate of drug-likeness (QED) is 0.771. The van der Waals surface area contributed by atoms with Crippen LogP contribution in [0.5, 0.6) is 5.75 Å². The van der Waals surface area contributed by atoms with Gasteiger partial charge in [-0.3, -0.25) is 4.79 Å².